The van der Waals surface area contributed by atoms with Crippen molar-refractivity contribution in [1.29, 1.82) is 5.26 Å². The molecular weight excluding hydrogens is 444 g/mol. The summed E-state index contributed by atoms with van der Waals surface area (Å²) in [5.74, 6) is -0.559. The number of hydrogen-bond donors (Lipinski definition) is 1. The van der Waals surface area contributed by atoms with Crippen LogP contribution in [0.25, 0.3) is 0 Å². The Morgan fingerprint density at radius 1 is 0.806 bits per heavy atom. The highest BCUT2D eigenvalue weighted by atomic mass is 16.5. The zero-order valence-corrected chi connectivity index (χ0v) is 20.0. The lowest BCUT2D eigenvalue weighted by molar-refractivity contribution is 0.0919. The highest BCUT2D eigenvalue weighted by molar-refractivity contribution is 6.01. The third-order valence-corrected chi connectivity index (χ3v) is 7.20. The van der Waals surface area contributed by atoms with Crippen LogP contribution in [0.4, 0.5) is 0 Å². The fraction of sp³-hybridized carbons (Fsp3) is 0.125. The van der Waals surface area contributed by atoms with Gasteiger partial charge in [-0.05, 0) is 28.8 Å². The Bertz CT molecular complexity index is 1400. The Morgan fingerprint density at radius 3 is 1.78 bits per heavy atom. The third kappa shape index (κ3) is 3.57. The van der Waals surface area contributed by atoms with Crippen LogP contribution in [0.1, 0.15) is 33.0 Å². The van der Waals surface area contributed by atoms with Crippen LogP contribution in [-0.2, 0) is 5.41 Å². The van der Waals surface area contributed by atoms with Gasteiger partial charge in [0.2, 0.25) is 0 Å². The van der Waals surface area contributed by atoms with Crippen LogP contribution >= 0.6 is 0 Å². The molecule has 0 heterocycles. The van der Waals surface area contributed by atoms with Crippen molar-refractivity contribution < 1.29 is 9.53 Å². The van der Waals surface area contributed by atoms with Gasteiger partial charge < -0.3 is 10.5 Å². The molecule has 5 rings (SSSR count). The maximum atomic E-state index is 14.1. The van der Waals surface area contributed by atoms with E-state index < -0.39 is 17.3 Å². The zero-order chi connectivity index (χ0) is 25.1. The molecule has 0 radical (unpaired) electrons. The number of allylic oxidation sites excluding steroid dienone is 2. The van der Waals surface area contributed by atoms with E-state index in [9.17, 15) is 10.1 Å². The summed E-state index contributed by atoms with van der Waals surface area (Å²) in [6.07, 6.45) is 0. The molecule has 36 heavy (non-hydrogen) atoms. The van der Waals surface area contributed by atoms with Gasteiger partial charge in [0.05, 0.1) is 30.1 Å². The van der Waals surface area contributed by atoms with E-state index in [1.54, 1.807) is 19.2 Å². The molecule has 2 unspecified atom stereocenters. The number of Topliss-reactive ketones (excluding diaryl/α,β-unsaturated/α-hetero) is 1. The van der Waals surface area contributed by atoms with Gasteiger partial charge in [-0.2, -0.15) is 5.26 Å². The first-order chi connectivity index (χ1) is 17.6. The predicted octanol–water partition coefficient (Wildman–Crippen LogP) is 6.01. The molecule has 176 valence electrons. The highest BCUT2D eigenvalue weighted by Crippen LogP contribution is 2.60. The Kier molecular flexibility index (Phi) is 6.14. The van der Waals surface area contributed by atoms with E-state index in [0.717, 1.165) is 16.7 Å². The minimum Gasteiger partial charge on any atom is -0.497 e. The molecular formula is C32H26N2O2. The molecule has 4 aromatic rings. The molecule has 2 atom stereocenters. The zero-order valence-electron chi connectivity index (χ0n) is 20.0. The van der Waals surface area contributed by atoms with Crippen LogP contribution in [0.2, 0.25) is 0 Å². The third-order valence-electron chi connectivity index (χ3n) is 7.20. The van der Waals surface area contributed by atoms with Crippen molar-refractivity contribution in [2.24, 2.45) is 11.7 Å². The topological polar surface area (TPSA) is 76.1 Å². The largest absolute Gasteiger partial charge is 0.497 e. The Morgan fingerprint density at radius 2 is 1.31 bits per heavy atom. The number of nitriles is 1. The molecule has 0 amide bonds. The summed E-state index contributed by atoms with van der Waals surface area (Å²) in [4.78, 5) is 14.1. The lowest BCUT2D eigenvalue weighted by Crippen LogP contribution is -2.37. The number of nitrogens with zero attached hydrogens (tertiary/aromatic N) is 1. The minimum absolute atomic E-state index is 0.101. The molecule has 0 aromatic heterocycles. The number of carbonyl (C=O) groups is 1. The molecule has 0 saturated heterocycles. The molecule has 0 fully saturated rings. The van der Waals surface area contributed by atoms with Gasteiger partial charge in [-0.1, -0.05) is 103 Å². The lowest BCUT2D eigenvalue weighted by atomic mass is 9.60. The van der Waals surface area contributed by atoms with Crippen LogP contribution in [0, 0.1) is 17.2 Å². The molecule has 2 N–H and O–H groups in total. The van der Waals surface area contributed by atoms with E-state index in [1.165, 1.54) is 0 Å². The van der Waals surface area contributed by atoms with Crippen LogP contribution in [0.15, 0.2) is 127 Å². The number of ether oxygens (including phenoxy) is 1. The van der Waals surface area contributed by atoms with Crippen molar-refractivity contribution in [3.63, 3.8) is 0 Å². The normalized spacial score (nSPS) is 18.4. The van der Waals surface area contributed by atoms with Crippen molar-refractivity contribution in [3.05, 3.63) is 149 Å². The molecule has 1 aliphatic rings. The summed E-state index contributed by atoms with van der Waals surface area (Å²) >= 11 is 0. The predicted molar refractivity (Wildman–Crippen MR) is 140 cm³/mol. The van der Waals surface area contributed by atoms with Crippen LogP contribution in [-0.4, -0.2) is 12.9 Å². The van der Waals surface area contributed by atoms with Crippen molar-refractivity contribution in [1.82, 2.24) is 0 Å². The van der Waals surface area contributed by atoms with Gasteiger partial charge in [0.1, 0.15) is 5.75 Å². The Labute approximate surface area is 211 Å². The fourth-order valence-corrected chi connectivity index (χ4v) is 5.67. The summed E-state index contributed by atoms with van der Waals surface area (Å²) in [6, 6.07) is 39.2. The summed E-state index contributed by atoms with van der Waals surface area (Å²) < 4.78 is 5.41. The van der Waals surface area contributed by atoms with Crippen LogP contribution in [0.5, 0.6) is 5.75 Å². The molecule has 0 bridgehead atoms. The van der Waals surface area contributed by atoms with Gasteiger partial charge >= 0.3 is 0 Å². The molecule has 4 heteroatoms. The fourth-order valence-electron chi connectivity index (χ4n) is 5.67. The van der Waals surface area contributed by atoms with Gasteiger partial charge in [-0.25, -0.2) is 0 Å². The highest BCUT2D eigenvalue weighted by Gasteiger charge is 2.58. The number of nitrogens with two attached hydrogens (primary N) is 1. The van der Waals surface area contributed by atoms with Gasteiger partial charge in [-0.3, -0.25) is 4.79 Å². The average Bonchev–Trinajstić information content (AvgIpc) is 3.22. The van der Waals surface area contributed by atoms with Gasteiger partial charge in [0.25, 0.3) is 0 Å². The second-order valence-electron chi connectivity index (χ2n) is 8.94. The Balaban J connectivity index is 1.86. The molecule has 4 aromatic carbocycles. The average molecular weight is 471 g/mol. The maximum absolute atomic E-state index is 14.1. The number of ketones is 1. The van der Waals surface area contributed by atoms with Gasteiger partial charge in [0, 0.05) is 17.2 Å². The SMILES string of the molecule is COc1ccc(C2C(C(=O)c3ccccc3)C(N)=C(C#N)C2(c2ccccc2)c2ccccc2)cc1. The van der Waals surface area contributed by atoms with Gasteiger partial charge in [-0.15, -0.1) is 0 Å². The number of hydrogen-bond acceptors (Lipinski definition) is 4. The number of carbonyl (C=O) groups excluding carboxylic acids is 1. The van der Waals surface area contributed by atoms with Crippen molar-refractivity contribution >= 4 is 5.78 Å². The van der Waals surface area contributed by atoms with Gasteiger partial charge in [0.15, 0.2) is 5.78 Å². The molecule has 4 nitrogen and oxygen atoms in total. The number of rotatable bonds is 6. The van der Waals surface area contributed by atoms with E-state index in [1.807, 2.05) is 103 Å². The molecule has 0 saturated carbocycles. The summed E-state index contributed by atoms with van der Waals surface area (Å²) in [5.41, 5.74) is 9.90. The first-order valence-electron chi connectivity index (χ1n) is 11.9. The minimum atomic E-state index is -0.953. The maximum Gasteiger partial charge on any atom is 0.172 e. The summed E-state index contributed by atoms with van der Waals surface area (Å²) in [6.45, 7) is 0. The van der Waals surface area contributed by atoms with E-state index in [2.05, 4.69) is 6.07 Å². The monoisotopic (exact) mass is 470 g/mol. The molecule has 1 aliphatic carbocycles. The molecule has 0 aliphatic heterocycles. The number of benzene rings is 4. The first kappa shape index (κ1) is 23.1. The van der Waals surface area contributed by atoms with Crippen molar-refractivity contribution in [2.75, 3.05) is 7.11 Å². The van der Waals surface area contributed by atoms with E-state index in [4.69, 9.17) is 10.5 Å². The van der Waals surface area contributed by atoms with Crippen LogP contribution in [0.3, 0.4) is 0 Å². The first-order valence-corrected chi connectivity index (χ1v) is 11.9. The Hall–Kier alpha value is -4.62. The summed E-state index contributed by atoms with van der Waals surface area (Å²) in [5, 5.41) is 10.6. The quantitative estimate of drug-likeness (QED) is 0.350. The van der Waals surface area contributed by atoms with Crippen molar-refractivity contribution in [3.8, 4) is 11.8 Å². The van der Waals surface area contributed by atoms with Crippen molar-refractivity contribution in [2.45, 2.75) is 11.3 Å². The van der Waals surface area contributed by atoms with Crippen LogP contribution < -0.4 is 10.5 Å². The standard InChI is InChI=1S/C32H26N2O2/c1-36-26-19-17-22(18-20-26)29-28(31(35)23-11-5-2-6-12-23)30(34)27(21-33)32(29,24-13-7-3-8-14-24)25-15-9-4-10-16-25/h2-20,28-29H,34H2,1H3. The van der Waals surface area contributed by atoms with E-state index in [-0.39, 0.29) is 5.78 Å². The second-order valence-corrected chi connectivity index (χ2v) is 8.94. The second kappa shape index (κ2) is 9.56. The summed E-state index contributed by atoms with van der Waals surface area (Å²) in [7, 11) is 1.62. The smallest absolute Gasteiger partial charge is 0.172 e. The molecule has 0 spiro atoms. The number of methoxy groups -OCH3 is 1. The van der Waals surface area contributed by atoms with E-state index in [0.29, 0.717) is 22.6 Å². The van der Waals surface area contributed by atoms with E-state index >= 15 is 0 Å². The lowest BCUT2D eigenvalue weighted by Gasteiger charge is -2.39.